The second-order valence-electron chi connectivity index (χ2n) is 8.46. The van der Waals surface area contributed by atoms with E-state index in [2.05, 4.69) is 21.9 Å². The van der Waals surface area contributed by atoms with Crippen LogP contribution in [0.5, 0.6) is 0 Å². The maximum absolute atomic E-state index is 12.9. The molecule has 3 aromatic carbocycles. The van der Waals surface area contributed by atoms with Crippen molar-refractivity contribution < 1.29 is 26.0 Å². The Morgan fingerprint density at radius 2 is 1.62 bits per heavy atom. The standard InChI is InChI=1S/C26H27N3O6S2/c1-2-3-5-8-19-11-14-23(15-12-19)36(31,32)28-21-13-16-24-20(17-21)18-25(35-24)26(30)27-29-37(33,34)22-9-6-4-7-10-22/h4,6-7,9-18,28H,2-3,5,8H2,1H3,(H,27,30)(H,29,33,34)/p+1. The Morgan fingerprint density at radius 1 is 0.892 bits per heavy atom. The highest BCUT2D eigenvalue weighted by Gasteiger charge is 2.22. The van der Waals surface area contributed by atoms with Gasteiger partial charge in [-0.2, -0.15) is 4.21 Å². The van der Waals surface area contributed by atoms with E-state index in [9.17, 15) is 21.6 Å². The molecule has 4 rings (SSSR count). The first kappa shape index (κ1) is 26.4. The Balaban J connectivity index is 1.43. The van der Waals surface area contributed by atoms with E-state index in [0.717, 1.165) is 31.2 Å². The lowest BCUT2D eigenvalue weighted by Crippen LogP contribution is -2.41. The zero-order chi connectivity index (χ0) is 26.5. The molecule has 0 aliphatic rings. The number of amides is 1. The van der Waals surface area contributed by atoms with E-state index in [0.29, 0.717) is 16.7 Å². The van der Waals surface area contributed by atoms with Crippen LogP contribution in [-0.4, -0.2) is 22.7 Å². The highest BCUT2D eigenvalue weighted by molar-refractivity contribution is 7.92. The number of furan rings is 1. The molecule has 0 saturated carbocycles. The number of benzene rings is 3. The third kappa shape index (κ3) is 6.56. The lowest BCUT2D eigenvalue weighted by molar-refractivity contribution is 0.0919. The molecule has 0 aliphatic heterocycles. The molecular weight excluding hydrogens is 514 g/mol. The van der Waals surface area contributed by atoms with Gasteiger partial charge in [0, 0.05) is 11.1 Å². The number of nitrogens with one attached hydrogen (secondary N) is 3. The first-order valence-electron chi connectivity index (χ1n) is 11.7. The van der Waals surface area contributed by atoms with E-state index < -0.39 is 26.0 Å². The van der Waals surface area contributed by atoms with E-state index >= 15 is 0 Å². The summed E-state index contributed by atoms with van der Waals surface area (Å²) in [6.45, 7) is 2.14. The third-order valence-electron chi connectivity index (χ3n) is 5.66. The molecule has 194 valence electrons. The number of hydrogen-bond acceptors (Lipinski definition) is 5. The van der Waals surface area contributed by atoms with Crippen LogP contribution in [0, 0.1) is 0 Å². The van der Waals surface area contributed by atoms with Crippen LogP contribution in [-0.2, 0) is 26.5 Å². The van der Waals surface area contributed by atoms with E-state index in [1.165, 1.54) is 30.3 Å². The molecule has 1 atom stereocenters. The summed E-state index contributed by atoms with van der Waals surface area (Å²) < 4.78 is 56.3. The molecule has 37 heavy (non-hydrogen) atoms. The van der Waals surface area contributed by atoms with Gasteiger partial charge in [0.2, 0.25) is 0 Å². The van der Waals surface area contributed by atoms with Crippen molar-refractivity contribution in [3.63, 3.8) is 0 Å². The van der Waals surface area contributed by atoms with Crippen LogP contribution in [0.15, 0.2) is 93.1 Å². The van der Waals surface area contributed by atoms with E-state index in [4.69, 9.17) is 4.42 Å². The Labute approximate surface area is 216 Å². The third-order valence-corrected chi connectivity index (χ3v) is 8.35. The van der Waals surface area contributed by atoms with Crippen LogP contribution in [0.3, 0.4) is 0 Å². The summed E-state index contributed by atoms with van der Waals surface area (Å²) in [6.07, 6.45) is 4.23. The molecule has 9 nitrogen and oxygen atoms in total. The largest absolute Gasteiger partial charge is 0.451 e. The molecule has 0 bridgehead atoms. The van der Waals surface area contributed by atoms with Crippen molar-refractivity contribution in [1.29, 1.82) is 0 Å². The maximum Gasteiger partial charge on any atom is 0.389 e. The lowest BCUT2D eigenvalue weighted by atomic mass is 10.1. The normalized spacial score (nSPS) is 13.2. The summed E-state index contributed by atoms with van der Waals surface area (Å²) in [6, 6.07) is 20.6. The fraction of sp³-hybridized carbons (Fsp3) is 0.192. The van der Waals surface area contributed by atoms with Crippen molar-refractivity contribution in [2.45, 2.75) is 42.4 Å². The van der Waals surface area contributed by atoms with Crippen LogP contribution >= 0.6 is 0 Å². The van der Waals surface area contributed by atoms with Crippen molar-refractivity contribution >= 4 is 42.6 Å². The predicted molar refractivity (Wildman–Crippen MR) is 142 cm³/mol. The molecule has 4 aromatic rings. The summed E-state index contributed by atoms with van der Waals surface area (Å²) in [5.41, 5.74) is 3.91. The number of hydrogen-bond donors (Lipinski definition) is 3. The Kier molecular flexibility index (Phi) is 7.96. The number of fused-ring (bicyclic) bond motifs is 1. The van der Waals surface area contributed by atoms with E-state index in [-0.39, 0.29) is 15.6 Å². The van der Waals surface area contributed by atoms with Crippen molar-refractivity contribution in [3.05, 3.63) is 90.2 Å². The SMILES string of the molecule is CCCCCc1ccc(S(=O)(=O)Nc2ccc3oc(C(=O)NNS(=O)(=[OH+])c4ccccc4)cc3c2)cc1. The molecule has 0 radical (unpaired) electrons. The molecule has 1 unspecified atom stereocenters. The molecule has 1 heterocycles. The van der Waals surface area contributed by atoms with Crippen molar-refractivity contribution in [2.24, 2.45) is 0 Å². The number of unbranched alkanes of at least 4 members (excludes halogenated alkanes) is 2. The highest BCUT2D eigenvalue weighted by Crippen LogP contribution is 2.25. The van der Waals surface area contributed by atoms with E-state index in [1.54, 1.807) is 36.4 Å². The molecule has 0 aliphatic carbocycles. The number of anilines is 1. The van der Waals surface area contributed by atoms with Crippen molar-refractivity contribution in [3.8, 4) is 0 Å². The smallest absolute Gasteiger partial charge is 0.389 e. The minimum absolute atomic E-state index is 0.1000. The number of sulfonamides is 1. The van der Waals surface area contributed by atoms with Gasteiger partial charge in [-0.15, -0.1) is 0 Å². The number of hydrazine groups is 1. The Morgan fingerprint density at radius 3 is 2.32 bits per heavy atom. The second kappa shape index (κ2) is 11.2. The van der Waals surface area contributed by atoms with Crippen LogP contribution in [0.4, 0.5) is 5.69 Å². The average molecular weight is 543 g/mol. The number of aryl methyl sites for hydroxylation is 1. The van der Waals surface area contributed by atoms with Gasteiger partial charge in [-0.3, -0.25) is 14.9 Å². The zero-order valence-corrected chi connectivity index (χ0v) is 21.8. The van der Waals surface area contributed by atoms with Gasteiger partial charge in [0.15, 0.2) is 5.76 Å². The van der Waals surface area contributed by atoms with Crippen LogP contribution < -0.4 is 15.0 Å². The average Bonchev–Trinajstić information content (AvgIpc) is 3.32. The van der Waals surface area contributed by atoms with Gasteiger partial charge in [0.1, 0.15) is 10.5 Å². The van der Waals surface area contributed by atoms with Crippen molar-refractivity contribution in [1.82, 2.24) is 10.3 Å². The summed E-state index contributed by atoms with van der Waals surface area (Å²) in [5, 5.41) is 0.476. The number of rotatable bonds is 11. The first-order chi connectivity index (χ1) is 17.7. The molecular formula is C26H28N3O6S2+. The maximum atomic E-state index is 12.9. The summed E-state index contributed by atoms with van der Waals surface area (Å²) >= 11 is 0. The van der Waals surface area contributed by atoms with Gasteiger partial charge in [0.05, 0.1) is 4.90 Å². The highest BCUT2D eigenvalue weighted by atomic mass is 32.2. The molecule has 0 saturated heterocycles. The summed E-state index contributed by atoms with van der Waals surface area (Å²) in [7, 11) is -7.52. The quantitative estimate of drug-likeness (QED) is 0.143. The van der Waals surface area contributed by atoms with E-state index in [1.807, 2.05) is 12.1 Å². The number of carbonyl (C=O) groups excluding carboxylic acids is 1. The zero-order valence-electron chi connectivity index (χ0n) is 20.1. The minimum atomic E-state index is -3.81. The first-order valence-corrected chi connectivity index (χ1v) is 14.7. The minimum Gasteiger partial charge on any atom is -0.451 e. The van der Waals surface area contributed by atoms with Crippen molar-refractivity contribution in [2.75, 3.05) is 4.72 Å². The molecule has 1 amide bonds. The number of carbonyl (C=O) groups is 1. The van der Waals surface area contributed by atoms with Gasteiger partial charge in [-0.05, 0) is 66.9 Å². The topological polar surface area (TPSA) is 139 Å². The van der Waals surface area contributed by atoms with Gasteiger partial charge >= 0.3 is 15.9 Å². The molecule has 4 N–H and O–H groups in total. The molecule has 0 spiro atoms. The molecule has 1 aromatic heterocycles. The lowest BCUT2D eigenvalue weighted by Gasteiger charge is -2.09. The van der Waals surface area contributed by atoms with Gasteiger partial charge in [-0.25, -0.2) is 12.6 Å². The fourth-order valence-corrected chi connectivity index (χ4v) is 5.61. The summed E-state index contributed by atoms with van der Waals surface area (Å²) in [4.78, 5) is 14.9. The van der Waals surface area contributed by atoms with Gasteiger partial charge in [-0.1, -0.05) is 54.9 Å². The molecule has 0 fully saturated rings. The Bertz CT molecular complexity index is 1600. The second-order valence-corrected chi connectivity index (χ2v) is 11.9. The predicted octanol–water partition coefficient (Wildman–Crippen LogP) is 4.75. The van der Waals surface area contributed by atoms with Crippen LogP contribution in [0.25, 0.3) is 11.0 Å². The van der Waals surface area contributed by atoms with Gasteiger partial charge < -0.3 is 4.42 Å². The Hall–Kier alpha value is -3.67. The van der Waals surface area contributed by atoms with Crippen LogP contribution in [0.1, 0.15) is 42.3 Å². The monoisotopic (exact) mass is 542 g/mol. The van der Waals surface area contributed by atoms with Gasteiger partial charge in [0.25, 0.3) is 10.0 Å². The van der Waals surface area contributed by atoms with Crippen LogP contribution in [0.2, 0.25) is 0 Å². The molecule has 11 heteroatoms. The summed E-state index contributed by atoms with van der Waals surface area (Å²) in [5.74, 6) is -0.889. The fourth-order valence-electron chi connectivity index (χ4n) is 3.69.